The Morgan fingerprint density at radius 2 is 1.28 bits per heavy atom. The van der Waals surface area contributed by atoms with Crippen LogP contribution in [0, 0.1) is 0 Å². The van der Waals surface area contributed by atoms with Crippen molar-refractivity contribution in [3.05, 3.63) is 125 Å². The minimum absolute atomic E-state index is 0.118. The van der Waals surface area contributed by atoms with Gasteiger partial charge in [-0.2, -0.15) is 0 Å². The molecular weight excluding hydrogens is 616 g/mol. The second-order valence-corrected chi connectivity index (χ2v) is 11.1. The number of anilines is 1. The van der Waals surface area contributed by atoms with Crippen molar-refractivity contribution in [2.45, 2.75) is 12.8 Å². The van der Waals surface area contributed by atoms with Crippen LogP contribution in [0.3, 0.4) is 0 Å². The first kappa shape index (κ1) is 31.1. The maximum atomic E-state index is 12.1. The van der Waals surface area contributed by atoms with E-state index in [0.29, 0.717) is 46.4 Å². The van der Waals surface area contributed by atoms with Crippen LogP contribution >= 0.6 is 12.2 Å². The van der Waals surface area contributed by atoms with E-state index in [0.717, 1.165) is 33.9 Å². The second kappa shape index (κ2) is 14.4. The Hall–Kier alpha value is -5.94. The van der Waals surface area contributed by atoms with Crippen molar-refractivity contribution in [1.29, 1.82) is 0 Å². The number of para-hydroxylation sites is 1. The van der Waals surface area contributed by atoms with E-state index in [-0.39, 0.29) is 25.4 Å². The molecule has 0 aromatic heterocycles. The third-order valence-electron chi connectivity index (χ3n) is 7.09. The van der Waals surface area contributed by atoms with Gasteiger partial charge in [0.25, 0.3) is 11.8 Å². The number of benzene rings is 4. The van der Waals surface area contributed by atoms with Crippen molar-refractivity contribution in [2.24, 2.45) is 4.99 Å². The van der Waals surface area contributed by atoms with Crippen LogP contribution in [0.5, 0.6) is 23.0 Å². The zero-order valence-electron chi connectivity index (χ0n) is 25.1. The van der Waals surface area contributed by atoms with Crippen molar-refractivity contribution in [1.82, 2.24) is 10.6 Å². The molecule has 0 aliphatic carbocycles. The normalized spacial score (nSPS) is 16.9. The molecule has 8 rings (SSSR count). The van der Waals surface area contributed by atoms with Crippen molar-refractivity contribution in [2.75, 3.05) is 19.3 Å². The SMILES string of the molecule is Nc1ccccc1.O=C1NC(=S)C/C1=C\c1ccc2c(c1)OCO2.O=C1NC(Cc2ccccc2)=N/C1=C\c1ccc2c(c1)OCO2. The Balaban J connectivity index is 0.000000141. The van der Waals surface area contributed by atoms with E-state index in [1.807, 2.05) is 103 Å². The Labute approximate surface area is 276 Å². The Morgan fingerprint density at radius 1 is 0.702 bits per heavy atom. The van der Waals surface area contributed by atoms with Crippen LogP contribution in [-0.2, 0) is 16.0 Å². The molecule has 10 nitrogen and oxygen atoms in total. The predicted molar refractivity (Wildman–Crippen MR) is 183 cm³/mol. The lowest BCUT2D eigenvalue weighted by molar-refractivity contribution is -0.116. The third kappa shape index (κ3) is 8.21. The maximum absolute atomic E-state index is 12.1. The van der Waals surface area contributed by atoms with E-state index in [9.17, 15) is 9.59 Å². The standard InChI is InChI=1S/C18H14N2O3.C12H9NO3S.C6H7N/c21-18-14(8-13-6-7-15-16(9-13)23-11-22-15)19-17(20-18)10-12-4-2-1-3-5-12;14-12-8(5-11(17)13-12)3-7-1-2-9-10(4-7)16-6-15-9;7-6-4-2-1-3-5-6/h1-9H,10-11H2,(H,19,20,21);1-4H,5-6H2,(H,13,14,17);1-5H,7H2/b14-8-;8-3+;. The summed E-state index contributed by atoms with van der Waals surface area (Å²) in [6.07, 6.45) is 4.67. The molecule has 4 N–H and O–H groups in total. The summed E-state index contributed by atoms with van der Waals surface area (Å²) in [4.78, 5) is 28.5. The molecule has 0 spiro atoms. The monoisotopic (exact) mass is 646 g/mol. The van der Waals surface area contributed by atoms with Crippen LogP contribution < -0.4 is 35.3 Å². The van der Waals surface area contributed by atoms with E-state index in [4.69, 9.17) is 36.9 Å². The highest BCUT2D eigenvalue weighted by molar-refractivity contribution is 7.80. The number of aliphatic imine (C=N–C) groups is 1. The van der Waals surface area contributed by atoms with Gasteiger partial charge in [0.1, 0.15) is 11.5 Å². The van der Waals surface area contributed by atoms with Gasteiger partial charge in [0, 0.05) is 24.1 Å². The largest absolute Gasteiger partial charge is 0.454 e. The van der Waals surface area contributed by atoms with E-state index in [1.54, 1.807) is 6.08 Å². The lowest BCUT2D eigenvalue weighted by Gasteiger charge is -1.99. The van der Waals surface area contributed by atoms with E-state index in [1.165, 1.54) is 0 Å². The minimum atomic E-state index is -0.186. The number of amidine groups is 1. The van der Waals surface area contributed by atoms with E-state index < -0.39 is 0 Å². The summed E-state index contributed by atoms with van der Waals surface area (Å²) in [5.74, 6) is 3.20. The average molecular weight is 647 g/mol. The number of rotatable bonds is 4. The number of thiocarbonyl (C=S) groups is 1. The molecule has 4 aromatic carbocycles. The molecule has 0 atom stereocenters. The molecule has 47 heavy (non-hydrogen) atoms. The summed E-state index contributed by atoms with van der Waals surface area (Å²) < 4.78 is 21.1. The Kier molecular flexibility index (Phi) is 9.54. The number of nitrogen functional groups attached to an aromatic ring is 1. The predicted octanol–water partition coefficient (Wildman–Crippen LogP) is 5.44. The molecule has 0 unspecified atom stereocenters. The van der Waals surface area contributed by atoms with Gasteiger partial charge in [0.15, 0.2) is 23.0 Å². The quantitative estimate of drug-likeness (QED) is 0.152. The first-order chi connectivity index (χ1) is 22.9. The summed E-state index contributed by atoms with van der Waals surface area (Å²) in [6, 6.07) is 30.5. The Morgan fingerprint density at radius 3 is 1.83 bits per heavy atom. The van der Waals surface area contributed by atoms with E-state index in [2.05, 4.69) is 15.6 Å². The van der Waals surface area contributed by atoms with Gasteiger partial charge in [-0.05, 0) is 65.2 Å². The molecule has 11 heteroatoms. The second-order valence-electron chi connectivity index (χ2n) is 10.6. The van der Waals surface area contributed by atoms with Crippen LogP contribution in [0.15, 0.2) is 113 Å². The summed E-state index contributed by atoms with van der Waals surface area (Å²) in [6.45, 7) is 0.481. The number of ether oxygens (including phenoxy) is 4. The lowest BCUT2D eigenvalue weighted by atomic mass is 10.1. The first-order valence-corrected chi connectivity index (χ1v) is 15.1. The Bertz CT molecular complexity index is 1910. The van der Waals surface area contributed by atoms with Crippen LogP contribution in [0.25, 0.3) is 12.2 Å². The number of hydrogen-bond acceptors (Lipinski definition) is 9. The molecule has 4 heterocycles. The van der Waals surface area contributed by atoms with Crippen LogP contribution in [0.2, 0.25) is 0 Å². The number of hydrogen-bond donors (Lipinski definition) is 3. The van der Waals surface area contributed by atoms with Gasteiger partial charge in [0.05, 0.1) is 4.99 Å². The van der Waals surface area contributed by atoms with Crippen LogP contribution in [0.4, 0.5) is 5.69 Å². The molecule has 1 saturated heterocycles. The lowest BCUT2D eigenvalue weighted by Crippen LogP contribution is -2.25. The minimum Gasteiger partial charge on any atom is -0.454 e. The van der Waals surface area contributed by atoms with Gasteiger partial charge in [-0.15, -0.1) is 0 Å². The van der Waals surface area contributed by atoms with Crippen LogP contribution in [-0.4, -0.2) is 36.2 Å². The summed E-state index contributed by atoms with van der Waals surface area (Å²) in [7, 11) is 0. The summed E-state index contributed by atoms with van der Waals surface area (Å²) >= 11 is 4.95. The molecule has 0 radical (unpaired) electrons. The zero-order chi connectivity index (χ0) is 32.6. The number of nitrogens with one attached hydrogen (secondary N) is 2. The van der Waals surface area contributed by atoms with Gasteiger partial charge < -0.3 is 35.3 Å². The van der Waals surface area contributed by atoms with Crippen molar-refractivity contribution < 1.29 is 28.5 Å². The van der Waals surface area contributed by atoms with E-state index >= 15 is 0 Å². The van der Waals surface area contributed by atoms with Gasteiger partial charge >= 0.3 is 0 Å². The topological polar surface area (TPSA) is 134 Å². The molecule has 0 bridgehead atoms. The highest BCUT2D eigenvalue weighted by Crippen LogP contribution is 2.34. The smallest absolute Gasteiger partial charge is 0.275 e. The van der Waals surface area contributed by atoms with Crippen molar-refractivity contribution in [3.8, 4) is 23.0 Å². The number of nitrogens with two attached hydrogens (primary N) is 1. The van der Waals surface area contributed by atoms with Crippen molar-refractivity contribution in [3.63, 3.8) is 0 Å². The van der Waals surface area contributed by atoms with Crippen LogP contribution in [0.1, 0.15) is 23.1 Å². The maximum Gasteiger partial charge on any atom is 0.275 e. The fourth-order valence-corrected chi connectivity index (χ4v) is 5.08. The number of nitrogens with zero attached hydrogens (tertiary/aromatic N) is 1. The van der Waals surface area contributed by atoms with Gasteiger partial charge in [-0.1, -0.05) is 72.9 Å². The summed E-state index contributed by atoms with van der Waals surface area (Å²) in [5, 5.41) is 5.42. The molecule has 4 aliphatic heterocycles. The highest BCUT2D eigenvalue weighted by atomic mass is 32.1. The summed E-state index contributed by atoms with van der Waals surface area (Å²) in [5.41, 5.74) is 10.1. The fraction of sp³-hybridized carbons (Fsp3) is 0.111. The zero-order valence-corrected chi connectivity index (χ0v) is 25.9. The molecule has 1 fully saturated rings. The molecule has 2 amide bonds. The number of amides is 2. The van der Waals surface area contributed by atoms with Gasteiger partial charge in [-0.3, -0.25) is 9.59 Å². The first-order valence-electron chi connectivity index (χ1n) is 14.7. The van der Waals surface area contributed by atoms with Crippen molar-refractivity contribution >= 4 is 52.7 Å². The number of carbonyl (C=O) groups is 2. The van der Waals surface area contributed by atoms with Gasteiger partial charge in [-0.25, -0.2) is 4.99 Å². The fourth-order valence-electron chi connectivity index (χ4n) is 4.83. The molecule has 4 aromatic rings. The molecule has 4 aliphatic rings. The average Bonchev–Trinajstić information content (AvgIpc) is 3.87. The highest BCUT2D eigenvalue weighted by Gasteiger charge is 2.22. The molecular formula is C36H30N4O6S. The number of fused-ring (bicyclic) bond motifs is 2. The molecule has 0 saturated carbocycles. The van der Waals surface area contributed by atoms with Gasteiger partial charge in [0.2, 0.25) is 13.6 Å². The molecule has 236 valence electrons. The number of carbonyl (C=O) groups excluding carboxylic acids is 2. The third-order valence-corrected chi connectivity index (χ3v) is 7.34.